The van der Waals surface area contributed by atoms with Crippen LogP contribution < -0.4 is 10.6 Å². The van der Waals surface area contributed by atoms with Crippen LogP contribution in [0.5, 0.6) is 0 Å². The first-order valence-corrected chi connectivity index (χ1v) is 22.3. The van der Waals surface area contributed by atoms with Gasteiger partial charge in [0, 0.05) is 16.7 Å². The molecule has 2 heterocycles. The van der Waals surface area contributed by atoms with Crippen LogP contribution in [0.15, 0.2) is 171 Å². The summed E-state index contributed by atoms with van der Waals surface area (Å²) in [5, 5.41) is 6.37. The number of nitrogens with one attached hydrogen (secondary N) is 2. The van der Waals surface area contributed by atoms with Crippen LogP contribution in [0.2, 0.25) is 0 Å². The Morgan fingerprint density at radius 1 is 0.453 bits per heavy atom. The molecule has 0 amide bonds. The van der Waals surface area contributed by atoms with Crippen LogP contribution in [0.3, 0.4) is 0 Å². The zero-order valence-electron chi connectivity index (χ0n) is 33.5. The molecule has 0 saturated carbocycles. The Kier molecular flexibility index (Phi) is 12.6. The molecule has 8 aromatic rings. The van der Waals surface area contributed by atoms with Crippen LogP contribution in [-0.2, 0) is 20.2 Å². The number of hydrogen-bond donors (Lipinski definition) is 4. The van der Waals surface area contributed by atoms with Gasteiger partial charge in [-0.2, -0.15) is 16.8 Å². The molecule has 316 valence electrons. The van der Waals surface area contributed by atoms with Gasteiger partial charge in [0.15, 0.2) is 0 Å². The molecule has 0 aliphatic carbocycles. The summed E-state index contributed by atoms with van der Waals surface area (Å²) in [4.78, 5) is 22.8. The van der Waals surface area contributed by atoms with Crippen molar-refractivity contribution in [3.05, 3.63) is 204 Å². The molecular weight excluding hydrogens is 849 g/mol. The van der Waals surface area contributed by atoms with Gasteiger partial charge in [-0.25, -0.2) is 29.9 Å². The number of rotatable bonds is 14. The maximum absolute atomic E-state index is 14.5. The van der Waals surface area contributed by atoms with Gasteiger partial charge in [-0.05, 0) is 38.9 Å². The van der Waals surface area contributed by atoms with Crippen molar-refractivity contribution in [2.24, 2.45) is 0 Å². The third-order valence-corrected chi connectivity index (χ3v) is 11.8. The average Bonchev–Trinajstić information content (AvgIpc) is 3.31. The molecule has 0 radical (unpaired) electrons. The second-order valence-electron chi connectivity index (χ2n) is 13.9. The SMILES string of the molecule is O=S(=O)(O)C(=C(c1c(C=Cc2ccccc2)c(-c2ccccc2)c(-c2ccccc2)c(Nc2ncncn2)c1Nc1ncncn1)S(=O)(=O)O)c1ccccc1C=Cc1ccccc1. The molecule has 64 heavy (non-hydrogen) atoms. The van der Waals surface area contributed by atoms with Crippen molar-refractivity contribution in [3.8, 4) is 22.3 Å². The summed E-state index contributed by atoms with van der Waals surface area (Å²) in [7, 11) is -11.3. The first-order chi connectivity index (χ1) is 31.1. The molecule has 0 unspecified atom stereocenters. The molecule has 8 rings (SSSR count). The number of aromatic nitrogens is 6. The van der Waals surface area contributed by atoms with Crippen LogP contribution in [0.1, 0.15) is 33.4 Å². The second-order valence-corrected chi connectivity index (χ2v) is 16.6. The molecule has 6 aromatic carbocycles. The standard InChI is InChI=1S/C48H36N8O6S2/c57-63(58,59)45(38-24-14-13-19-35(38)27-25-33-15-5-1-6-16-33)46(64(60,61)62)42-39(28-26-34-17-7-2-8-18-34)40(36-20-9-3-10-21-36)41(37-22-11-4-12-23-37)43(55-47-51-29-49-30-52-47)44(42)56-48-53-31-50-32-54-48/h1-32H,(H,57,58,59)(H,60,61,62)(H,49,51,52,55)(H,50,53,54,56). The topological polar surface area (TPSA) is 210 Å². The highest BCUT2D eigenvalue weighted by atomic mass is 32.2. The molecule has 0 saturated heterocycles. The molecule has 0 spiro atoms. The van der Waals surface area contributed by atoms with Gasteiger partial charge in [0.2, 0.25) is 11.9 Å². The van der Waals surface area contributed by atoms with Gasteiger partial charge in [-0.15, -0.1) is 0 Å². The summed E-state index contributed by atoms with van der Waals surface area (Å²) < 4.78 is 80.6. The zero-order chi connectivity index (χ0) is 44.5. The van der Waals surface area contributed by atoms with Gasteiger partial charge in [0.25, 0.3) is 20.2 Å². The fourth-order valence-corrected chi connectivity index (χ4v) is 9.38. The van der Waals surface area contributed by atoms with Crippen molar-refractivity contribution in [3.63, 3.8) is 0 Å². The molecule has 14 nitrogen and oxygen atoms in total. The Morgan fingerprint density at radius 3 is 1.38 bits per heavy atom. The highest BCUT2D eigenvalue weighted by molar-refractivity contribution is 8.01. The highest BCUT2D eigenvalue weighted by Gasteiger charge is 2.38. The minimum atomic E-state index is -5.70. The van der Waals surface area contributed by atoms with E-state index in [-0.39, 0.29) is 40.0 Å². The molecule has 0 bridgehead atoms. The molecular formula is C48H36N8O6S2. The van der Waals surface area contributed by atoms with Gasteiger partial charge in [0.05, 0.1) is 11.4 Å². The van der Waals surface area contributed by atoms with Crippen molar-refractivity contribution >= 4 is 77.6 Å². The third-order valence-electron chi connectivity index (χ3n) is 9.78. The Balaban J connectivity index is 1.65. The van der Waals surface area contributed by atoms with Crippen LogP contribution in [-0.4, -0.2) is 55.8 Å². The zero-order valence-corrected chi connectivity index (χ0v) is 35.1. The van der Waals surface area contributed by atoms with Crippen molar-refractivity contribution in [1.82, 2.24) is 29.9 Å². The lowest BCUT2D eigenvalue weighted by Gasteiger charge is -2.28. The molecule has 0 atom stereocenters. The molecule has 0 aliphatic rings. The first kappa shape index (κ1) is 42.7. The number of nitrogens with zero attached hydrogens (tertiary/aromatic N) is 6. The number of anilines is 4. The van der Waals surface area contributed by atoms with Gasteiger partial charge >= 0.3 is 0 Å². The van der Waals surface area contributed by atoms with E-state index in [1.165, 1.54) is 37.4 Å². The van der Waals surface area contributed by atoms with E-state index in [9.17, 15) is 25.9 Å². The van der Waals surface area contributed by atoms with Crippen molar-refractivity contribution in [1.29, 1.82) is 0 Å². The quantitative estimate of drug-likeness (QED) is 0.0592. The number of hydrogen-bond acceptors (Lipinski definition) is 12. The summed E-state index contributed by atoms with van der Waals surface area (Å²) in [5.41, 5.74) is 3.01. The lowest BCUT2D eigenvalue weighted by molar-refractivity contribution is 0.491. The second kappa shape index (κ2) is 18.9. The summed E-state index contributed by atoms with van der Waals surface area (Å²) in [6.07, 6.45) is 11.6. The number of benzene rings is 6. The van der Waals surface area contributed by atoms with Gasteiger partial charge in [0.1, 0.15) is 35.1 Å². The van der Waals surface area contributed by atoms with E-state index in [2.05, 4.69) is 40.5 Å². The van der Waals surface area contributed by atoms with E-state index in [1.54, 1.807) is 60.7 Å². The average molecular weight is 885 g/mol. The van der Waals surface area contributed by atoms with Crippen molar-refractivity contribution in [2.45, 2.75) is 0 Å². The Morgan fingerprint density at radius 2 is 0.875 bits per heavy atom. The van der Waals surface area contributed by atoms with E-state index in [0.29, 0.717) is 27.8 Å². The first-order valence-electron chi connectivity index (χ1n) is 19.4. The summed E-state index contributed by atoms with van der Waals surface area (Å²) in [6.45, 7) is 0. The van der Waals surface area contributed by atoms with Crippen LogP contribution >= 0.6 is 0 Å². The maximum Gasteiger partial charge on any atom is 0.296 e. The Labute approximate surface area is 369 Å². The summed E-state index contributed by atoms with van der Waals surface area (Å²) in [5.74, 6) is -0.0964. The third kappa shape index (κ3) is 9.70. The highest BCUT2D eigenvalue weighted by Crippen LogP contribution is 2.53. The lowest BCUT2D eigenvalue weighted by Crippen LogP contribution is -2.16. The fraction of sp³-hybridized carbons (Fsp3) is 0. The lowest BCUT2D eigenvalue weighted by atomic mass is 9.84. The maximum atomic E-state index is 14.5. The van der Waals surface area contributed by atoms with Crippen molar-refractivity contribution < 1.29 is 25.9 Å². The normalized spacial score (nSPS) is 12.3. The summed E-state index contributed by atoms with van der Waals surface area (Å²) in [6, 6.07) is 42.5. The molecule has 2 aromatic heterocycles. The van der Waals surface area contributed by atoms with Gasteiger partial charge in [-0.1, -0.05) is 170 Å². The minimum Gasteiger partial charge on any atom is -0.322 e. The Hall–Kier alpha value is -8.02. The van der Waals surface area contributed by atoms with Crippen LogP contribution in [0.4, 0.5) is 23.3 Å². The molecule has 0 aliphatic heterocycles. The van der Waals surface area contributed by atoms with E-state index in [0.717, 1.165) is 5.56 Å². The predicted octanol–water partition coefficient (Wildman–Crippen LogP) is 9.82. The summed E-state index contributed by atoms with van der Waals surface area (Å²) >= 11 is 0. The van der Waals surface area contributed by atoms with E-state index >= 15 is 0 Å². The van der Waals surface area contributed by atoms with E-state index < -0.39 is 35.6 Å². The van der Waals surface area contributed by atoms with Gasteiger partial charge < -0.3 is 10.6 Å². The van der Waals surface area contributed by atoms with Gasteiger partial charge in [-0.3, -0.25) is 9.11 Å². The Bertz CT molecular complexity index is 3240. The largest absolute Gasteiger partial charge is 0.322 e. The molecule has 16 heteroatoms. The fourth-order valence-electron chi connectivity index (χ4n) is 7.13. The van der Waals surface area contributed by atoms with Crippen LogP contribution in [0, 0.1) is 0 Å². The van der Waals surface area contributed by atoms with E-state index in [4.69, 9.17) is 0 Å². The van der Waals surface area contributed by atoms with E-state index in [1.807, 2.05) is 97.1 Å². The predicted molar refractivity (Wildman–Crippen MR) is 251 cm³/mol. The minimum absolute atomic E-state index is 0.00667. The molecule has 0 fully saturated rings. The van der Waals surface area contributed by atoms with Crippen molar-refractivity contribution in [2.75, 3.05) is 10.6 Å². The molecule has 4 N–H and O–H groups in total. The monoisotopic (exact) mass is 884 g/mol. The smallest absolute Gasteiger partial charge is 0.296 e. The van der Waals surface area contributed by atoms with Crippen LogP contribution in [0.25, 0.3) is 56.4 Å².